The molecule has 0 aromatic carbocycles. The Bertz CT molecular complexity index is 195. The first-order valence-corrected chi connectivity index (χ1v) is 6.35. The van der Waals surface area contributed by atoms with E-state index in [2.05, 4.69) is 6.92 Å². The molecule has 1 fully saturated rings. The Morgan fingerprint density at radius 3 is 2.40 bits per heavy atom. The van der Waals surface area contributed by atoms with Crippen LogP contribution in [-0.2, 0) is 9.53 Å². The van der Waals surface area contributed by atoms with Crippen molar-refractivity contribution in [3.05, 3.63) is 0 Å². The van der Waals surface area contributed by atoms with Gasteiger partial charge in [-0.25, -0.2) is 0 Å². The second-order valence-corrected chi connectivity index (χ2v) is 4.85. The fourth-order valence-corrected chi connectivity index (χ4v) is 2.17. The first kappa shape index (κ1) is 12.5. The molecule has 0 N–H and O–H groups in total. The van der Waals surface area contributed by atoms with E-state index in [1.807, 2.05) is 13.8 Å². The molecule has 1 rings (SSSR count). The van der Waals surface area contributed by atoms with Crippen molar-refractivity contribution >= 4 is 5.97 Å². The molecule has 0 heterocycles. The van der Waals surface area contributed by atoms with Gasteiger partial charge >= 0.3 is 5.97 Å². The van der Waals surface area contributed by atoms with E-state index in [0.717, 1.165) is 6.42 Å². The number of rotatable bonds is 4. The molecule has 0 aliphatic heterocycles. The lowest BCUT2D eigenvalue weighted by Gasteiger charge is -2.28. The third-order valence-corrected chi connectivity index (χ3v) is 3.63. The zero-order valence-corrected chi connectivity index (χ0v) is 10.3. The van der Waals surface area contributed by atoms with Crippen molar-refractivity contribution in [3.8, 4) is 0 Å². The highest BCUT2D eigenvalue weighted by molar-refractivity contribution is 5.72. The fraction of sp³-hybridized carbons (Fsp3) is 0.923. The van der Waals surface area contributed by atoms with Gasteiger partial charge in [-0.05, 0) is 32.1 Å². The lowest BCUT2D eigenvalue weighted by Crippen LogP contribution is -2.28. The minimum Gasteiger partial charge on any atom is -0.462 e. The first-order chi connectivity index (χ1) is 7.15. The Hall–Kier alpha value is -0.530. The van der Waals surface area contributed by atoms with Crippen molar-refractivity contribution in [1.29, 1.82) is 0 Å². The van der Waals surface area contributed by atoms with Crippen molar-refractivity contribution in [2.75, 3.05) is 0 Å². The highest BCUT2D eigenvalue weighted by atomic mass is 16.5. The molecule has 88 valence electrons. The van der Waals surface area contributed by atoms with E-state index in [0.29, 0.717) is 5.92 Å². The summed E-state index contributed by atoms with van der Waals surface area (Å²) >= 11 is 0. The molecule has 2 nitrogen and oxygen atoms in total. The van der Waals surface area contributed by atoms with Crippen molar-refractivity contribution in [2.24, 2.45) is 11.8 Å². The number of carbonyl (C=O) groups excluding carboxylic acids is 1. The lowest BCUT2D eigenvalue weighted by atomic mass is 9.86. The van der Waals surface area contributed by atoms with Crippen LogP contribution < -0.4 is 0 Å². The highest BCUT2D eigenvalue weighted by Crippen LogP contribution is 2.28. The van der Waals surface area contributed by atoms with Crippen LogP contribution in [-0.4, -0.2) is 12.1 Å². The molecule has 0 aromatic heterocycles. The molecule has 1 saturated carbocycles. The molecule has 0 saturated heterocycles. The van der Waals surface area contributed by atoms with Crippen molar-refractivity contribution in [1.82, 2.24) is 0 Å². The van der Waals surface area contributed by atoms with Crippen LogP contribution in [0.5, 0.6) is 0 Å². The van der Waals surface area contributed by atoms with Crippen LogP contribution in [0.2, 0.25) is 0 Å². The van der Waals surface area contributed by atoms with Crippen LogP contribution in [0.4, 0.5) is 0 Å². The standard InChI is InChI=1S/C13H24O2/c1-4-10(2)13(14)15-11(3)12-8-6-5-7-9-12/h10-12H,4-9H2,1-3H3. The molecule has 0 bridgehead atoms. The molecule has 2 atom stereocenters. The zero-order chi connectivity index (χ0) is 11.3. The van der Waals surface area contributed by atoms with E-state index in [1.165, 1.54) is 32.1 Å². The van der Waals surface area contributed by atoms with Gasteiger partial charge in [0.25, 0.3) is 0 Å². The van der Waals surface area contributed by atoms with Gasteiger partial charge in [0.15, 0.2) is 0 Å². The molecule has 0 radical (unpaired) electrons. The van der Waals surface area contributed by atoms with Gasteiger partial charge in [-0.15, -0.1) is 0 Å². The normalized spacial score (nSPS) is 22.1. The smallest absolute Gasteiger partial charge is 0.308 e. The average Bonchev–Trinajstić information content (AvgIpc) is 2.29. The van der Waals surface area contributed by atoms with Crippen LogP contribution in [0, 0.1) is 11.8 Å². The van der Waals surface area contributed by atoms with E-state index in [1.54, 1.807) is 0 Å². The van der Waals surface area contributed by atoms with Crippen LogP contribution >= 0.6 is 0 Å². The second kappa shape index (κ2) is 6.14. The van der Waals surface area contributed by atoms with E-state index in [-0.39, 0.29) is 18.0 Å². The first-order valence-electron chi connectivity index (χ1n) is 6.35. The average molecular weight is 212 g/mol. The Morgan fingerprint density at radius 1 is 1.27 bits per heavy atom. The molecule has 2 unspecified atom stereocenters. The molecule has 0 amide bonds. The van der Waals surface area contributed by atoms with Gasteiger partial charge in [-0.2, -0.15) is 0 Å². The maximum absolute atomic E-state index is 11.6. The molecule has 2 heteroatoms. The lowest BCUT2D eigenvalue weighted by molar-refractivity contribution is -0.155. The van der Waals surface area contributed by atoms with Gasteiger partial charge in [0.2, 0.25) is 0 Å². The highest BCUT2D eigenvalue weighted by Gasteiger charge is 2.24. The molecular formula is C13H24O2. The monoisotopic (exact) mass is 212 g/mol. The number of hydrogen-bond acceptors (Lipinski definition) is 2. The fourth-order valence-electron chi connectivity index (χ4n) is 2.17. The molecular weight excluding hydrogens is 188 g/mol. The van der Waals surface area contributed by atoms with E-state index >= 15 is 0 Å². The summed E-state index contributed by atoms with van der Waals surface area (Å²) in [7, 11) is 0. The van der Waals surface area contributed by atoms with Crippen LogP contribution in [0.1, 0.15) is 59.3 Å². The largest absolute Gasteiger partial charge is 0.462 e. The summed E-state index contributed by atoms with van der Waals surface area (Å²) in [6.45, 7) is 6.02. The van der Waals surface area contributed by atoms with Gasteiger partial charge in [0.05, 0.1) is 5.92 Å². The molecule has 0 spiro atoms. The third kappa shape index (κ3) is 3.84. The number of esters is 1. The minimum absolute atomic E-state index is 0.0180. The summed E-state index contributed by atoms with van der Waals surface area (Å²) in [5, 5.41) is 0. The zero-order valence-electron chi connectivity index (χ0n) is 10.3. The van der Waals surface area contributed by atoms with Gasteiger partial charge in [-0.3, -0.25) is 4.79 Å². The van der Waals surface area contributed by atoms with Crippen LogP contribution in [0.3, 0.4) is 0 Å². The van der Waals surface area contributed by atoms with Gasteiger partial charge in [0, 0.05) is 0 Å². The van der Waals surface area contributed by atoms with Gasteiger partial charge in [0.1, 0.15) is 6.10 Å². The van der Waals surface area contributed by atoms with Crippen molar-refractivity contribution in [3.63, 3.8) is 0 Å². The Kier molecular flexibility index (Phi) is 5.13. The summed E-state index contributed by atoms with van der Waals surface area (Å²) < 4.78 is 5.50. The second-order valence-electron chi connectivity index (χ2n) is 4.85. The maximum atomic E-state index is 11.6. The van der Waals surface area contributed by atoms with Crippen molar-refractivity contribution < 1.29 is 9.53 Å². The number of carbonyl (C=O) groups is 1. The third-order valence-electron chi connectivity index (χ3n) is 3.63. The molecule has 15 heavy (non-hydrogen) atoms. The topological polar surface area (TPSA) is 26.3 Å². The number of ether oxygens (including phenoxy) is 1. The van der Waals surface area contributed by atoms with Gasteiger partial charge < -0.3 is 4.74 Å². The summed E-state index contributed by atoms with van der Waals surface area (Å²) in [6, 6.07) is 0. The summed E-state index contributed by atoms with van der Waals surface area (Å²) in [4.78, 5) is 11.6. The van der Waals surface area contributed by atoms with E-state index in [9.17, 15) is 4.79 Å². The maximum Gasteiger partial charge on any atom is 0.308 e. The summed E-state index contributed by atoms with van der Waals surface area (Å²) in [6.07, 6.45) is 7.40. The summed E-state index contributed by atoms with van der Waals surface area (Å²) in [5.74, 6) is 0.637. The molecule has 1 aliphatic carbocycles. The van der Waals surface area contributed by atoms with E-state index < -0.39 is 0 Å². The SMILES string of the molecule is CCC(C)C(=O)OC(C)C1CCCCC1. The van der Waals surface area contributed by atoms with Gasteiger partial charge in [-0.1, -0.05) is 33.1 Å². The molecule has 0 aromatic rings. The predicted molar refractivity (Wildman–Crippen MR) is 61.6 cm³/mol. The Labute approximate surface area is 93.4 Å². The van der Waals surface area contributed by atoms with Crippen molar-refractivity contribution in [2.45, 2.75) is 65.4 Å². The van der Waals surface area contributed by atoms with Crippen LogP contribution in [0.25, 0.3) is 0 Å². The quantitative estimate of drug-likeness (QED) is 0.666. The minimum atomic E-state index is -0.0180. The van der Waals surface area contributed by atoms with E-state index in [4.69, 9.17) is 4.74 Å². The Balaban J connectivity index is 2.33. The predicted octanol–water partition coefficient (Wildman–Crippen LogP) is 3.54. The Morgan fingerprint density at radius 2 is 1.87 bits per heavy atom. The molecule has 1 aliphatic rings. The number of hydrogen-bond donors (Lipinski definition) is 0. The summed E-state index contributed by atoms with van der Waals surface area (Å²) in [5.41, 5.74) is 0. The van der Waals surface area contributed by atoms with Crippen LogP contribution in [0.15, 0.2) is 0 Å².